The highest BCUT2D eigenvalue weighted by Crippen LogP contribution is 2.43. The molecule has 10 aliphatic rings. The van der Waals surface area contributed by atoms with E-state index in [1.54, 1.807) is 0 Å². The molecule has 10 rings (SSSR count). The van der Waals surface area contributed by atoms with Crippen LogP contribution in [0.15, 0.2) is 0 Å². The Balaban J connectivity index is 1.12. The first-order chi connectivity index (χ1) is 63.7. The average Bonchev–Trinajstić information content (AvgIpc) is 0.753. The van der Waals surface area contributed by atoms with Crippen LogP contribution in [0.25, 0.3) is 0 Å². The van der Waals surface area contributed by atoms with E-state index in [0.29, 0.717) is 0 Å². The summed E-state index contributed by atoms with van der Waals surface area (Å²) < 4.78 is 137. The predicted molar refractivity (Wildman–Crippen MR) is 410 cm³/mol. The van der Waals surface area contributed by atoms with Gasteiger partial charge < -0.3 is 284 Å². The van der Waals surface area contributed by atoms with Gasteiger partial charge in [-0.25, -0.2) is 4.57 Å². The van der Waals surface area contributed by atoms with Crippen LogP contribution in [-0.4, -0.2) is 601 Å². The third-order valence-corrected chi connectivity index (χ3v) is 24.5. The number of aliphatic hydroxyl groups excluding tert-OH is 32. The zero-order valence-corrected chi connectivity index (χ0v) is 72.4. The van der Waals surface area contributed by atoms with Crippen LogP contribution in [0.3, 0.4) is 0 Å². The van der Waals surface area contributed by atoms with Gasteiger partial charge in [0.05, 0.1) is 85.3 Å². The molecule has 0 unspecified atom stereocenters. The smallest absolute Gasteiger partial charge is 0.394 e. The lowest BCUT2D eigenvalue weighted by atomic mass is 9.93. The van der Waals surface area contributed by atoms with Crippen molar-refractivity contribution >= 4 is 25.5 Å². The summed E-state index contributed by atoms with van der Waals surface area (Å²) in [7, 11) is -5.55. The molecule has 0 spiro atoms. The second-order valence-corrected chi connectivity index (χ2v) is 34.7. The van der Waals surface area contributed by atoms with E-state index in [9.17, 15) is 192 Å². The average molecular weight is 2010 g/mol. The van der Waals surface area contributed by atoms with Crippen LogP contribution in [0.5, 0.6) is 0 Å². The van der Waals surface area contributed by atoms with Crippen LogP contribution in [0.2, 0.25) is 0 Å². The van der Waals surface area contributed by atoms with E-state index >= 15 is 0 Å². The predicted octanol–water partition coefficient (Wildman–Crippen LogP) is -24.8. The molecule has 10 aliphatic heterocycles. The molecule has 0 aromatic carbocycles. The summed E-state index contributed by atoms with van der Waals surface area (Å²) in [5.74, 6) is -3.03. The van der Waals surface area contributed by atoms with Gasteiger partial charge in [0, 0.05) is 20.8 Å². The van der Waals surface area contributed by atoms with Gasteiger partial charge in [0.15, 0.2) is 62.9 Å². The Bertz CT molecular complexity index is 3660. The van der Waals surface area contributed by atoms with Crippen LogP contribution >= 0.6 is 7.82 Å². The lowest BCUT2D eigenvalue weighted by Gasteiger charge is -2.52. The number of carbonyl (C=O) groups excluding carboxylic acids is 3. The standard InChI is InChI=1S/C72H124N3O59P/c1-16(85)73-19(4-76)33(89)55(20(88)5-77)127-64-32(75-18(3)87)43(99)56(27(12-84)123-64)128-69-54(110)59(131-72-62(48(104)39(95)26(11-83)122-72)134-68-52(108)46(102)37(93)24(9-81)120-68)57(129-63-31(74-17(2)86)42(98)34(90)21(6-78)117-63)30(126-69)14-114-65-53(109)58(130-71-61(47(103)38(94)25(10-82)121-71)133-67-51(107)45(101)36(92)23(8-80)119-67)41(97)28(124-65)13-115-70-60(49(105)40(96)29(125-70)15-116-135(111,112)113)132-66-50(106)44(100)35(91)22(7-79)118-66/h19-72,76-84,88-110H,4-15H2,1-3H3,(H,73,85)(H,74,86)(H,75,87)(H2,111,112,113)/t19-,20+,21+,22+,23+,24+,25+,26+,27+,28+,29+,30+,31+,32+,33+,34+,35+,36+,37+,38+,39+,40+,41+,42+,43+,44-,45-,46-,47-,48-,49-,50-,51-,52-,53-,54-,55+,56+,57+,58-,59+,60-,61-,62-,63-,64-,65-,66+,67+,68+,69-,70-,71+,72+/m0/s1. The van der Waals surface area contributed by atoms with Crippen LogP contribution in [0.4, 0.5) is 0 Å². The van der Waals surface area contributed by atoms with Gasteiger partial charge in [-0.3, -0.25) is 18.9 Å². The highest BCUT2D eigenvalue weighted by atomic mass is 31.2. The summed E-state index contributed by atoms with van der Waals surface area (Å²) in [5, 5.41) is 367. The van der Waals surface area contributed by atoms with Crippen LogP contribution in [0, 0.1) is 0 Å². The fourth-order valence-corrected chi connectivity index (χ4v) is 17.0. The number of hydrogen-bond acceptors (Lipinski definition) is 57. The Hall–Kier alpha value is -3.56. The fourth-order valence-electron chi connectivity index (χ4n) is 16.6. The monoisotopic (exact) mass is 2010 g/mol. The van der Waals surface area contributed by atoms with E-state index in [2.05, 4.69) is 20.5 Å². The summed E-state index contributed by atoms with van der Waals surface area (Å²) in [5.41, 5.74) is 0. The maximum absolute atomic E-state index is 13.3. The number of amides is 3. The maximum Gasteiger partial charge on any atom is 0.469 e. The van der Waals surface area contributed by atoms with Crippen molar-refractivity contribution < 1.29 is 291 Å². The molecule has 786 valence electrons. The van der Waals surface area contributed by atoms with Crippen molar-refractivity contribution in [2.24, 2.45) is 0 Å². The van der Waals surface area contributed by atoms with Crippen molar-refractivity contribution in [3.8, 4) is 0 Å². The SMILES string of the molecule is CC(=O)N[C@H]1[C@H](O[C@@H]([C@H](O)[C@H](CO)NC(C)=O)[C@H](O)CO)O[C@H](CO)[C@@H](O[C@@H]2O[C@H](CO[C@H]3O[C@H](CO[C@H]4O[C@H](COP(=O)(O)O)[C@@H](O)[C@H](O)[C@@H]4O[C@H]4O[C@H](CO)[C@@H](O)[C@H](O)[C@@H]4O)[C@@H](O)[C@H](O[C@H]4O[C@H](CO)[C@@H](O)[C@H](O)[C@@H]4O[C@H]4O[C@H](CO)[C@@H](O)[C@H](O)[C@@H]4O)[C@@H]3O)[C@@H](O[C@@H]3O[C@H](CO)[C@@H](O)[C@H](O)[C@H]3NC(C)=O)[C@H](O[C@H]3O[C@H](CO)[C@@H](O)[C@H](O)[C@@H]3O[C@H]3O[C@H](CO)[C@@H](O)[C@H](O)[C@@H]3O)[C@@H]2O)[C@@H]1O. The fraction of sp³-hybridized carbons (Fsp3) is 0.958. The maximum atomic E-state index is 13.3. The molecule has 54 atom stereocenters. The number of carbonyl (C=O) groups is 3. The van der Waals surface area contributed by atoms with E-state index in [1.807, 2.05) is 0 Å². The molecule has 3 amide bonds. The van der Waals surface area contributed by atoms with Gasteiger partial charge in [-0.15, -0.1) is 0 Å². The molecule has 0 aromatic rings. The Kier molecular flexibility index (Phi) is 41.8. The minimum atomic E-state index is -5.55. The Labute approximate surface area is 762 Å². The van der Waals surface area contributed by atoms with Crippen molar-refractivity contribution in [1.29, 1.82) is 0 Å². The van der Waals surface area contributed by atoms with Crippen molar-refractivity contribution in [2.75, 3.05) is 79.3 Å². The summed E-state index contributed by atoms with van der Waals surface area (Å²) in [6.45, 7) is -12.6. The number of rotatable bonds is 40. The van der Waals surface area contributed by atoms with E-state index in [0.717, 1.165) is 20.8 Å². The second-order valence-electron chi connectivity index (χ2n) is 33.5. The first-order valence-corrected chi connectivity index (χ1v) is 43.9. The third-order valence-electron chi connectivity index (χ3n) is 24.1. The van der Waals surface area contributed by atoms with Crippen LogP contribution in [0.1, 0.15) is 20.8 Å². The topological polar surface area (TPSA) is 986 Å². The van der Waals surface area contributed by atoms with Crippen molar-refractivity contribution in [3.63, 3.8) is 0 Å². The molecule has 0 aliphatic carbocycles. The normalized spacial score (nSPS) is 47.2. The number of phosphoric acid groups is 1. The highest BCUT2D eigenvalue weighted by Gasteiger charge is 2.63. The van der Waals surface area contributed by atoms with Crippen molar-refractivity contribution in [2.45, 2.75) is 352 Å². The van der Waals surface area contributed by atoms with E-state index < -0.39 is 436 Å². The van der Waals surface area contributed by atoms with Crippen molar-refractivity contribution in [1.82, 2.24) is 16.0 Å². The number of ether oxygens (including phenoxy) is 20. The molecule has 10 fully saturated rings. The molecular formula is C72H124N3O59P. The molecular weight excluding hydrogens is 1880 g/mol. The Morgan fingerprint density at radius 2 is 0.607 bits per heavy atom. The van der Waals surface area contributed by atoms with Crippen LogP contribution in [-0.2, 0) is 118 Å². The van der Waals surface area contributed by atoms with Gasteiger partial charge in [-0.2, -0.15) is 0 Å². The van der Waals surface area contributed by atoms with E-state index in [1.165, 1.54) is 0 Å². The minimum Gasteiger partial charge on any atom is -0.394 e. The van der Waals surface area contributed by atoms with Gasteiger partial charge in [0.1, 0.15) is 262 Å². The molecule has 135 heavy (non-hydrogen) atoms. The summed E-state index contributed by atoms with van der Waals surface area (Å²) in [6.07, 6.45) is -120. The van der Waals surface area contributed by atoms with Gasteiger partial charge >= 0.3 is 7.82 Å². The zero-order valence-electron chi connectivity index (χ0n) is 71.5. The zero-order chi connectivity index (χ0) is 99.9. The minimum absolute atomic E-state index is 0.846. The Morgan fingerprint density at radius 1 is 0.289 bits per heavy atom. The molecule has 0 aromatic heterocycles. The highest BCUT2D eigenvalue weighted by molar-refractivity contribution is 7.46. The molecule has 0 radical (unpaired) electrons. The third kappa shape index (κ3) is 26.2. The van der Waals surface area contributed by atoms with Gasteiger partial charge in [0.25, 0.3) is 0 Å². The molecule has 37 N–H and O–H groups in total. The summed E-state index contributed by atoms with van der Waals surface area (Å²) >= 11 is 0. The summed E-state index contributed by atoms with van der Waals surface area (Å²) in [4.78, 5) is 58.1. The number of hydrogen-bond donors (Lipinski definition) is 37. The lowest BCUT2D eigenvalue weighted by Crippen LogP contribution is -2.71. The molecule has 0 bridgehead atoms. The molecule has 63 heteroatoms. The Morgan fingerprint density at radius 3 is 1.03 bits per heavy atom. The second kappa shape index (κ2) is 49.8. The largest absolute Gasteiger partial charge is 0.469 e. The van der Waals surface area contributed by atoms with Crippen LogP contribution < -0.4 is 16.0 Å². The quantitative estimate of drug-likeness (QED) is 0.0253. The van der Waals surface area contributed by atoms with E-state index in [4.69, 9.17) is 94.7 Å². The van der Waals surface area contributed by atoms with Gasteiger partial charge in [-0.05, 0) is 0 Å². The van der Waals surface area contributed by atoms with E-state index in [-0.39, 0.29) is 0 Å². The molecule has 62 nitrogen and oxygen atoms in total. The number of aliphatic hydroxyl groups is 32. The van der Waals surface area contributed by atoms with Gasteiger partial charge in [-0.1, -0.05) is 0 Å². The number of phosphoric ester groups is 1. The first kappa shape index (κ1) is 113. The molecule has 10 heterocycles. The first-order valence-electron chi connectivity index (χ1n) is 42.3. The lowest BCUT2D eigenvalue weighted by molar-refractivity contribution is -0.410. The number of nitrogens with one attached hydrogen (secondary N) is 3. The van der Waals surface area contributed by atoms with Crippen molar-refractivity contribution in [3.05, 3.63) is 0 Å². The molecule has 10 saturated heterocycles. The summed E-state index contributed by atoms with van der Waals surface area (Å²) in [6, 6.07) is -6.01. The van der Waals surface area contributed by atoms with Gasteiger partial charge in [0.2, 0.25) is 17.7 Å². The molecule has 0 saturated carbocycles.